The molecule has 0 spiro atoms. The third-order valence-electron chi connectivity index (χ3n) is 5.80. The summed E-state index contributed by atoms with van der Waals surface area (Å²) in [6, 6.07) is -1.10. The van der Waals surface area contributed by atoms with Crippen molar-refractivity contribution in [3.63, 3.8) is 0 Å². The number of aromatic nitrogens is 2. The molecule has 200 valence electrons. The van der Waals surface area contributed by atoms with Gasteiger partial charge in [0.15, 0.2) is 0 Å². The number of carbonyl (C=O) groups excluding carboxylic acids is 3. The monoisotopic (exact) mass is 538 g/mol. The fraction of sp³-hybridized carbons (Fsp3) is 0.625. The Kier molecular flexibility index (Phi) is 12.6. The number of hydrogen-bond acceptors (Lipinski definition) is 8. The van der Waals surface area contributed by atoms with Crippen molar-refractivity contribution in [2.45, 2.75) is 84.7 Å². The predicted octanol–water partition coefficient (Wildman–Crippen LogP) is 4.15. The maximum atomic E-state index is 13.1. The van der Waals surface area contributed by atoms with Crippen LogP contribution in [0.15, 0.2) is 23.4 Å². The molecule has 4 amide bonds. The number of rotatable bonds is 14. The second kappa shape index (κ2) is 15.4. The second-order valence-corrected chi connectivity index (χ2v) is 10.9. The maximum absolute atomic E-state index is 13.1. The van der Waals surface area contributed by atoms with Gasteiger partial charge in [-0.15, -0.1) is 22.7 Å². The van der Waals surface area contributed by atoms with Crippen LogP contribution in [0.4, 0.5) is 9.59 Å². The molecule has 2 rings (SSSR count). The highest BCUT2D eigenvalue weighted by Crippen LogP contribution is 2.12. The van der Waals surface area contributed by atoms with Gasteiger partial charge in [0.1, 0.15) is 12.6 Å². The molecule has 0 fully saturated rings. The Hall–Kier alpha value is -2.73. The molecule has 10 nitrogen and oxygen atoms in total. The van der Waals surface area contributed by atoms with E-state index in [1.165, 1.54) is 22.7 Å². The van der Waals surface area contributed by atoms with Crippen molar-refractivity contribution >= 4 is 40.7 Å². The topological polar surface area (TPSA) is 126 Å². The van der Waals surface area contributed by atoms with E-state index in [1.54, 1.807) is 35.4 Å². The molecule has 36 heavy (non-hydrogen) atoms. The largest absolute Gasteiger partial charge is 0.444 e. The van der Waals surface area contributed by atoms with Crippen LogP contribution in [-0.4, -0.2) is 58.1 Å². The molecule has 0 unspecified atom stereocenters. The van der Waals surface area contributed by atoms with E-state index in [-0.39, 0.29) is 36.5 Å². The molecule has 0 bridgehead atoms. The third-order valence-corrected chi connectivity index (χ3v) is 7.32. The van der Waals surface area contributed by atoms with Gasteiger partial charge in [-0.1, -0.05) is 27.7 Å². The van der Waals surface area contributed by atoms with Crippen molar-refractivity contribution in [3.8, 4) is 0 Å². The van der Waals surface area contributed by atoms with Gasteiger partial charge in [0.2, 0.25) is 5.91 Å². The minimum Gasteiger partial charge on any atom is -0.444 e. The predicted molar refractivity (Wildman–Crippen MR) is 142 cm³/mol. The lowest BCUT2D eigenvalue weighted by molar-refractivity contribution is -0.124. The van der Waals surface area contributed by atoms with Crippen molar-refractivity contribution in [1.29, 1.82) is 0 Å². The lowest BCUT2D eigenvalue weighted by atomic mass is 10.00. The van der Waals surface area contributed by atoms with Crippen LogP contribution >= 0.6 is 22.7 Å². The molecule has 12 heteroatoms. The molecule has 0 aliphatic rings. The van der Waals surface area contributed by atoms with Gasteiger partial charge in [-0.05, 0) is 31.6 Å². The van der Waals surface area contributed by atoms with Crippen molar-refractivity contribution in [3.05, 3.63) is 33.2 Å². The highest BCUT2D eigenvalue weighted by Gasteiger charge is 2.27. The van der Waals surface area contributed by atoms with Gasteiger partial charge in [0, 0.05) is 36.4 Å². The third kappa shape index (κ3) is 10.1. The molecule has 3 N–H and O–H groups in total. The molecule has 2 aromatic heterocycles. The number of thiazole rings is 2. The van der Waals surface area contributed by atoms with Crippen LogP contribution in [0.3, 0.4) is 0 Å². The molecule has 3 atom stereocenters. The lowest BCUT2D eigenvalue weighted by Gasteiger charge is -2.28. The molecule has 0 aliphatic heterocycles. The Morgan fingerprint density at radius 3 is 2.06 bits per heavy atom. The van der Waals surface area contributed by atoms with Gasteiger partial charge in [0.25, 0.3) is 0 Å². The zero-order chi connectivity index (χ0) is 26.5. The summed E-state index contributed by atoms with van der Waals surface area (Å²) in [5.74, 6) is -0.289. The number of urea groups is 1. The molecule has 0 aliphatic carbocycles. The Morgan fingerprint density at radius 2 is 1.53 bits per heavy atom. The summed E-state index contributed by atoms with van der Waals surface area (Å²) in [5, 5.41) is 8.86. The van der Waals surface area contributed by atoms with Gasteiger partial charge >= 0.3 is 12.1 Å². The van der Waals surface area contributed by atoms with E-state index < -0.39 is 12.1 Å². The average Bonchev–Trinajstić information content (AvgIpc) is 3.56. The minimum atomic E-state index is -0.655. The molecular formula is C24H38N6O4S2. The van der Waals surface area contributed by atoms with Crippen molar-refractivity contribution in [1.82, 2.24) is 30.8 Å². The summed E-state index contributed by atoms with van der Waals surface area (Å²) in [6.45, 7) is 8.45. The number of hydrogen-bond donors (Lipinski definition) is 3. The average molecular weight is 539 g/mol. The van der Waals surface area contributed by atoms with Crippen LogP contribution in [0, 0.1) is 5.92 Å². The first-order chi connectivity index (χ1) is 17.2. The van der Waals surface area contributed by atoms with Crippen LogP contribution in [0.25, 0.3) is 0 Å². The Morgan fingerprint density at radius 1 is 0.944 bits per heavy atom. The van der Waals surface area contributed by atoms with Crippen LogP contribution in [-0.2, 0) is 22.7 Å². The Labute approximate surface area is 221 Å². The van der Waals surface area contributed by atoms with Crippen molar-refractivity contribution in [2.75, 3.05) is 7.05 Å². The van der Waals surface area contributed by atoms with E-state index in [2.05, 4.69) is 25.9 Å². The van der Waals surface area contributed by atoms with Gasteiger partial charge in [-0.3, -0.25) is 14.8 Å². The SMILES string of the molecule is CC[C@@H](CC[C@H](CC)NC(=O)[C@@H](NC(=O)N(C)Cc1cncs1)C(C)C)NC(=O)OCc1cncs1. The summed E-state index contributed by atoms with van der Waals surface area (Å²) < 4.78 is 5.27. The summed E-state index contributed by atoms with van der Waals surface area (Å²) >= 11 is 2.91. The van der Waals surface area contributed by atoms with E-state index in [9.17, 15) is 14.4 Å². The quantitative estimate of drug-likeness (QED) is 0.332. The summed E-state index contributed by atoms with van der Waals surface area (Å²) in [6.07, 6.45) is 5.82. The maximum Gasteiger partial charge on any atom is 0.407 e. The number of nitrogens with zero attached hydrogens (tertiary/aromatic N) is 3. The highest BCUT2D eigenvalue weighted by atomic mass is 32.1. The van der Waals surface area contributed by atoms with Gasteiger partial charge in [-0.2, -0.15) is 0 Å². The first-order valence-corrected chi connectivity index (χ1v) is 14.0. The van der Waals surface area contributed by atoms with Gasteiger partial charge in [0.05, 0.1) is 22.4 Å². The fourth-order valence-electron chi connectivity index (χ4n) is 3.51. The minimum absolute atomic E-state index is 0.0640. The van der Waals surface area contributed by atoms with E-state index in [0.717, 1.165) is 22.6 Å². The standard InChI is InChI=1S/C24H38N6O4S2/c1-6-17(8-9-18(7-2)28-24(33)34-13-20-11-26-15-36-20)27-22(31)21(16(3)4)29-23(32)30(5)12-19-10-25-14-35-19/h10-11,14-18,21H,6-9,12-13H2,1-5H3,(H,27,31)(H,28,33)(H,29,32)/t17-,18-,21-/m0/s1. The molecule has 2 heterocycles. The van der Waals surface area contributed by atoms with E-state index in [1.807, 2.05) is 27.7 Å². The fourth-order valence-corrected chi connectivity index (χ4v) is 4.67. The van der Waals surface area contributed by atoms with Crippen molar-refractivity contribution < 1.29 is 19.1 Å². The van der Waals surface area contributed by atoms with Crippen molar-refractivity contribution in [2.24, 2.45) is 5.92 Å². The smallest absolute Gasteiger partial charge is 0.407 e. The number of ether oxygens (including phenoxy) is 1. The zero-order valence-electron chi connectivity index (χ0n) is 21.7. The first kappa shape index (κ1) is 29.5. The number of amides is 4. The van der Waals surface area contributed by atoms with Crippen LogP contribution in [0.5, 0.6) is 0 Å². The summed E-state index contributed by atoms with van der Waals surface area (Å²) in [4.78, 5) is 49.3. The lowest BCUT2D eigenvalue weighted by Crippen LogP contribution is -2.54. The number of nitrogens with one attached hydrogen (secondary N) is 3. The molecule has 0 saturated heterocycles. The first-order valence-electron chi connectivity index (χ1n) is 12.2. The van der Waals surface area contributed by atoms with E-state index in [0.29, 0.717) is 19.4 Å². The van der Waals surface area contributed by atoms with E-state index in [4.69, 9.17) is 4.74 Å². The van der Waals surface area contributed by atoms with Crippen LogP contribution in [0.1, 0.15) is 63.1 Å². The van der Waals surface area contributed by atoms with Gasteiger partial charge < -0.3 is 25.6 Å². The molecule has 0 aromatic carbocycles. The highest BCUT2D eigenvalue weighted by molar-refractivity contribution is 7.09. The Balaban J connectivity index is 1.82. The number of carbonyl (C=O) groups is 3. The molecule has 0 saturated carbocycles. The number of alkyl carbamates (subject to hydrolysis) is 1. The van der Waals surface area contributed by atoms with Crippen LogP contribution in [0.2, 0.25) is 0 Å². The second-order valence-electron chi connectivity index (χ2n) is 8.98. The summed E-state index contributed by atoms with van der Waals surface area (Å²) in [5.41, 5.74) is 3.42. The molecule has 0 radical (unpaired) electrons. The molecule has 2 aromatic rings. The zero-order valence-corrected chi connectivity index (χ0v) is 23.3. The van der Waals surface area contributed by atoms with E-state index >= 15 is 0 Å². The molecular weight excluding hydrogens is 500 g/mol. The normalized spacial score (nSPS) is 13.5. The summed E-state index contributed by atoms with van der Waals surface area (Å²) in [7, 11) is 1.69. The Bertz CT molecular complexity index is 923. The van der Waals surface area contributed by atoms with Gasteiger partial charge in [-0.25, -0.2) is 9.59 Å². The van der Waals surface area contributed by atoms with Crippen LogP contribution < -0.4 is 16.0 Å².